The van der Waals surface area contributed by atoms with E-state index < -0.39 is 5.91 Å². The molecule has 1 heterocycles. The second-order valence-corrected chi connectivity index (χ2v) is 5.68. The number of hydrazine groups is 1. The second-order valence-electron chi connectivity index (χ2n) is 5.68. The van der Waals surface area contributed by atoms with Crippen LogP contribution >= 0.6 is 0 Å². The lowest BCUT2D eigenvalue weighted by Gasteiger charge is -2.13. The van der Waals surface area contributed by atoms with Gasteiger partial charge in [-0.15, -0.1) is 0 Å². The van der Waals surface area contributed by atoms with Gasteiger partial charge in [0, 0.05) is 17.8 Å². The van der Waals surface area contributed by atoms with Gasteiger partial charge in [0.25, 0.3) is 11.5 Å². The molecule has 2 amide bonds. The summed E-state index contributed by atoms with van der Waals surface area (Å²) >= 11 is 0. The van der Waals surface area contributed by atoms with Gasteiger partial charge < -0.3 is 0 Å². The first-order chi connectivity index (χ1) is 11.5. The van der Waals surface area contributed by atoms with Crippen LogP contribution in [0.2, 0.25) is 0 Å². The number of aromatic nitrogens is 2. The summed E-state index contributed by atoms with van der Waals surface area (Å²) in [5.41, 5.74) is 4.66. The van der Waals surface area contributed by atoms with E-state index in [2.05, 4.69) is 16.0 Å². The summed E-state index contributed by atoms with van der Waals surface area (Å²) in [4.78, 5) is 36.6. The SMILES string of the molecule is CCCn1nc(C(=O)NNC(=O)C(C)CC)c2ccccc2c1=O. The second kappa shape index (κ2) is 7.72. The Balaban J connectivity index is 2.36. The Bertz CT molecular complexity index is 813. The number of benzene rings is 1. The van der Waals surface area contributed by atoms with Crippen molar-refractivity contribution >= 4 is 22.6 Å². The fourth-order valence-corrected chi connectivity index (χ4v) is 2.25. The first-order valence-electron chi connectivity index (χ1n) is 8.09. The zero-order valence-electron chi connectivity index (χ0n) is 14.1. The zero-order valence-corrected chi connectivity index (χ0v) is 14.1. The Morgan fingerprint density at radius 2 is 1.83 bits per heavy atom. The average molecular weight is 330 g/mol. The minimum Gasteiger partial charge on any atom is -0.273 e. The van der Waals surface area contributed by atoms with E-state index in [9.17, 15) is 14.4 Å². The van der Waals surface area contributed by atoms with E-state index in [1.54, 1.807) is 31.2 Å². The lowest BCUT2D eigenvalue weighted by molar-refractivity contribution is -0.125. The van der Waals surface area contributed by atoms with Crippen LogP contribution in [0.25, 0.3) is 10.8 Å². The van der Waals surface area contributed by atoms with Crippen LogP contribution in [-0.4, -0.2) is 21.6 Å². The summed E-state index contributed by atoms with van der Waals surface area (Å²) in [6.45, 7) is 6.01. The van der Waals surface area contributed by atoms with E-state index >= 15 is 0 Å². The minimum atomic E-state index is -0.548. The normalized spacial score (nSPS) is 12.0. The number of rotatable bonds is 5. The van der Waals surface area contributed by atoms with Crippen molar-refractivity contribution in [3.05, 3.63) is 40.3 Å². The van der Waals surface area contributed by atoms with Gasteiger partial charge >= 0.3 is 0 Å². The number of nitrogens with zero attached hydrogens (tertiary/aromatic N) is 2. The fraction of sp³-hybridized carbons (Fsp3) is 0.412. The van der Waals surface area contributed by atoms with Crippen molar-refractivity contribution in [1.82, 2.24) is 20.6 Å². The standard InChI is InChI=1S/C17H22N4O3/c1-4-10-21-17(24)13-9-7-6-8-12(13)14(20-21)16(23)19-18-15(22)11(3)5-2/h6-9,11H,4-5,10H2,1-3H3,(H,18,22)(H,19,23). The molecule has 0 saturated carbocycles. The van der Waals surface area contributed by atoms with Gasteiger partial charge in [-0.25, -0.2) is 4.68 Å². The third-order valence-corrected chi connectivity index (χ3v) is 3.88. The molecule has 0 saturated heterocycles. The van der Waals surface area contributed by atoms with E-state index in [4.69, 9.17) is 0 Å². The first-order valence-corrected chi connectivity index (χ1v) is 8.09. The topological polar surface area (TPSA) is 93.1 Å². The van der Waals surface area contributed by atoms with Crippen LogP contribution in [0, 0.1) is 5.92 Å². The molecule has 24 heavy (non-hydrogen) atoms. The maximum Gasteiger partial charge on any atom is 0.290 e. The van der Waals surface area contributed by atoms with Gasteiger partial charge in [0.2, 0.25) is 5.91 Å². The zero-order chi connectivity index (χ0) is 17.7. The number of amides is 2. The summed E-state index contributed by atoms with van der Waals surface area (Å²) in [6, 6.07) is 6.82. The minimum absolute atomic E-state index is 0.114. The summed E-state index contributed by atoms with van der Waals surface area (Å²) < 4.78 is 1.29. The molecular formula is C17H22N4O3. The third-order valence-electron chi connectivity index (χ3n) is 3.88. The quantitative estimate of drug-likeness (QED) is 0.815. The maximum atomic E-state index is 12.4. The lowest BCUT2D eigenvalue weighted by atomic mass is 10.1. The van der Waals surface area contributed by atoms with Gasteiger partial charge in [0.1, 0.15) is 0 Å². The highest BCUT2D eigenvalue weighted by Crippen LogP contribution is 2.13. The van der Waals surface area contributed by atoms with Crippen LogP contribution in [0.4, 0.5) is 0 Å². The highest BCUT2D eigenvalue weighted by Gasteiger charge is 2.18. The van der Waals surface area contributed by atoms with Gasteiger partial charge in [-0.2, -0.15) is 5.10 Å². The van der Waals surface area contributed by atoms with Crippen molar-refractivity contribution in [3.8, 4) is 0 Å². The van der Waals surface area contributed by atoms with Crippen molar-refractivity contribution in [2.24, 2.45) is 5.92 Å². The summed E-state index contributed by atoms with van der Waals surface area (Å²) in [6.07, 6.45) is 1.39. The predicted octanol–water partition coefficient (Wildman–Crippen LogP) is 1.61. The van der Waals surface area contributed by atoms with Crippen LogP contribution < -0.4 is 16.4 Å². The van der Waals surface area contributed by atoms with Crippen LogP contribution in [-0.2, 0) is 11.3 Å². The smallest absolute Gasteiger partial charge is 0.273 e. The van der Waals surface area contributed by atoms with E-state index in [1.165, 1.54) is 4.68 Å². The number of hydrogen-bond acceptors (Lipinski definition) is 4. The molecule has 0 fully saturated rings. The molecule has 0 aliphatic rings. The van der Waals surface area contributed by atoms with E-state index in [0.717, 1.165) is 6.42 Å². The van der Waals surface area contributed by atoms with Crippen molar-refractivity contribution in [2.75, 3.05) is 0 Å². The Kier molecular flexibility index (Phi) is 5.68. The van der Waals surface area contributed by atoms with E-state index in [-0.39, 0.29) is 23.1 Å². The summed E-state index contributed by atoms with van der Waals surface area (Å²) in [5, 5.41) is 5.07. The third kappa shape index (κ3) is 3.61. The van der Waals surface area contributed by atoms with Gasteiger partial charge in [-0.05, 0) is 18.9 Å². The van der Waals surface area contributed by atoms with Gasteiger partial charge in [0.15, 0.2) is 5.69 Å². The van der Waals surface area contributed by atoms with Crippen LogP contribution in [0.3, 0.4) is 0 Å². The van der Waals surface area contributed by atoms with Crippen LogP contribution in [0.5, 0.6) is 0 Å². The molecule has 1 atom stereocenters. The predicted molar refractivity (Wildman–Crippen MR) is 91.4 cm³/mol. The largest absolute Gasteiger partial charge is 0.290 e. The number of carbonyl (C=O) groups excluding carboxylic acids is 2. The highest BCUT2D eigenvalue weighted by molar-refractivity contribution is 6.05. The molecule has 128 valence electrons. The number of hydrogen-bond donors (Lipinski definition) is 2. The molecule has 0 bridgehead atoms. The molecule has 7 heteroatoms. The molecular weight excluding hydrogens is 308 g/mol. The monoisotopic (exact) mass is 330 g/mol. The van der Waals surface area contributed by atoms with Crippen LogP contribution in [0.15, 0.2) is 29.1 Å². The lowest BCUT2D eigenvalue weighted by Crippen LogP contribution is -2.44. The molecule has 0 aliphatic heterocycles. The van der Waals surface area contributed by atoms with Crippen molar-refractivity contribution in [2.45, 2.75) is 40.2 Å². The summed E-state index contributed by atoms with van der Waals surface area (Å²) in [7, 11) is 0. The van der Waals surface area contributed by atoms with Crippen molar-refractivity contribution in [1.29, 1.82) is 0 Å². The van der Waals surface area contributed by atoms with Gasteiger partial charge in [-0.1, -0.05) is 39.0 Å². The van der Waals surface area contributed by atoms with Crippen molar-refractivity contribution in [3.63, 3.8) is 0 Å². The molecule has 1 unspecified atom stereocenters. The maximum absolute atomic E-state index is 12.4. The number of aryl methyl sites for hydroxylation is 1. The Hall–Kier alpha value is -2.70. The molecule has 0 radical (unpaired) electrons. The number of carbonyl (C=O) groups is 2. The van der Waals surface area contributed by atoms with Gasteiger partial charge in [0.05, 0.1) is 5.39 Å². The molecule has 2 rings (SSSR count). The van der Waals surface area contributed by atoms with E-state index in [0.29, 0.717) is 23.7 Å². The molecule has 1 aromatic heterocycles. The molecule has 2 aromatic rings. The molecule has 0 spiro atoms. The Morgan fingerprint density at radius 3 is 2.46 bits per heavy atom. The average Bonchev–Trinajstić information content (AvgIpc) is 2.61. The molecule has 2 N–H and O–H groups in total. The summed E-state index contributed by atoms with van der Waals surface area (Å²) in [5.74, 6) is -1.02. The Morgan fingerprint density at radius 1 is 1.17 bits per heavy atom. The fourth-order valence-electron chi connectivity index (χ4n) is 2.25. The molecule has 0 aliphatic carbocycles. The first kappa shape index (κ1) is 17.7. The van der Waals surface area contributed by atoms with Gasteiger partial charge in [-0.3, -0.25) is 25.2 Å². The number of nitrogens with one attached hydrogen (secondary N) is 2. The highest BCUT2D eigenvalue weighted by atomic mass is 16.2. The molecule has 1 aromatic carbocycles. The Labute approximate surface area is 140 Å². The number of fused-ring (bicyclic) bond motifs is 1. The molecule has 7 nitrogen and oxygen atoms in total. The van der Waals surface area contributed by atoms with Crippen molar-refractivity contribution < 1.29 is 9.59 Å². The van der Waals surface area contributed by atoms with E-state index in [1.807, 2.05) is 13.8 Å². The van der Waals surface area contributed by atoms with Crippen LogP contribution in [0.1, 0.15) is 44.1 Å².